The molecule has 4 heteroatoms. The van der Waals surface area contributed by atoms with E-state index in [9.17, 15) is 0 Å². The summed E-state index contributed by atoms with van der Waals surface area (Å²) < 4.78 is 0. The number of nitrogens with two attached hydrogens (primary N) is 1. The summed E-state index contributed by atoms with van der Waals surface area (Å²) >= 11 is 16.4. The minimum Gasteiger partial charge on any atom is -0.393 e. The molecular formula is C9H9Cl2NS. The van der Waals surface area contributed by atoms with Crippen LogP contribution in [-0.2, 0) is 6.42 Å². The van der Waals surface area contributed by atoms with Gasteiger partial charge in [-0.2, -0.15) is 0 Å². The SMILES string of the molecule is NC(=S)CCc1ccc(Cl)c(Cl)c1. The van der Waals surface area contributed by atoms with E-state index in [0.717, 1.165) is 12.0 Å². The summed E-state index contributed by atoms with van der Waals surface area (Å²) in [5.41, 5.74) is 6.48. The average molecular weight is 234 g/mol. The van der Waals surface area contributed by atoms with E-state index < -0.39 is 0 Å². The molecule has 0 aliphatic rings. The molecule has 0 aliphatic heterocycles. The highest BCUT2D eigenvalue weighted by Crippen LogP contribution is 2.22. The minimum atomic E-state index is 0.520. The molecule has 0 fully saturated rings. The summed E-state index contributed by atoms with van der Waals surface area (Å²) in [4.78, 5) is 0.520. The summed E-state index contributed by atoms with van der Waals surface area (Å²) in [6.07, 6.45) is 1.51. The Kier molecular flexibility index (Phi) is 3.97. The zero-order valence-electron chi connectivity index (χ0n) is 6.89. The predicted molar refractivity (Wildman–Crippen MR) is 61.6 cm³/mol. The molecule has 1 nitrogen and oxygen atoms in total. The van der Waals surface area contributed by atoms with Crippen LogP contribution in [0.4, 0.5) is 0 Å². The fourth-order valence-corrected chi connectivity index (χ4v) is 1.39. The third-order valence-electron chi connectivity index (χ3n) is 1.64. The van der Waals surface area contributed by atoms with E-state index in [4.69, 9.17) is 41.2 Å². The van der Waals surface area contributed by atoms with Crippen molar-refractivity contribution in [2.24, 2.45) is 5.73 Å². The fourth-order valence-electron chi connectivity index (χ4n) is 0.963. The standard InChI is InChI=1S/C9H9Cl2NS/c10-7-3-1-6(5-8(7)11)2-4-9(12)13/h1,3,5H,2,4H2,(H2,12,13). The number of rotatable bonds is 3. The van der Waals surface area contributed by atoms with Crippen LogP contribution in [-0.4, -0.2) is 4.99 Å². The first-order chi connectivity index (χ1) is 6.09. The monoisotopic (exact) mass is 233 g/mol. The van der Waals surface area contributed by atoms with Crippen molar-refractivity contribution in [3.8, 4) is 0 Å². The molecule has 0 heterocycles. The summed E-state index contributed by atoms with van der Waals surface area (Å²) in [6.45, 7) is 0. The maximum Gasteiger partial charge on any atom is 0.0730 e. The van der Waals surface area contributed by atoms with Gasteiger partial charge < -0.3 is 5.73 Å². The number of benzene rings is 1. The Morgan fingerprint density at radius 1 is 1.31 bits per heavy atom. The quantitative estimate of drug-likeness (QED) is 0.812. The first-order valence-electron chi connectivity index (χ1n) is 3.82. The van der Waals surface area contributed by atoms with Gasteiger partial charge in [-0.1, -0.05) is 41.5 Å². The summed E-state index contributed by atoms with van der Waals surface area (Å²) in [7, 11) is 0. The molecule has 0 amide bonds. The molecular weight excluding hydrogens is 225 g/mol. The summed E-state index contributed by atoms with van der Waals surface area (Å²) in [6, 6.07) is 5.54. The molecule has 2 N–H and O–H groups in total. The van der Waals surface area contributed by atoms with Crippen LogP contribution < -0.4 is 5.73 Å². The Hall–Kier alpha value is -0.310. The number of aryl methyl sites for hydroxylation is 1. The van der Waals surface area contributed by atoms with Crippen molar-refractivity contribution in [3.63, 3.8) is 0 Å². The highest BCUT2D eigenvalue weighted by Gasteiger charge is 1.99. The van der Waals surface area contributed by atoms with Crippen LogP contribution in [0.3, 0.4) is 0 Å². The number of thiocarbonyl (C=S) groups is 1. The lowest BCUT2D eigenvalue weighted by atomic mass is 10.1. The van der Waals surface area contributed by atoms with Crippen molar-refractivity contribution >= 4 is 40.4 Å². The lowest BCUT2D eigenvalue weighted by Crippen LogP contribution is -2.08. The normalized spacial score (nSPS) is 10.0. The second-order valence-corrected chi connectivity index (χ2v) is 4.05. The average Bonchev–Trinajstić information content (AvgIpc) is 2.07. The van der Waals surface area contributed by atoms with Gasteiger partial charge in [0.1, 0.15) is 0 Å². The second kappa shape index (κ2) is 4.80. The molecule has 70 valence electrons. The van der Waals surface area contributed by atoms with Gasteiger partial charge >= 0.3 is 0 Å². The van der Waals surface area contributed by atoms with E-state index in [1.165, 1.54) is 0 Å². The maximum absolute atomic E-state index is 5.83. The molecule has 0 aliphatic carbocycles. The summed E-state index contributed by atoms with van der Waals surface area (Å²) in [5, 5.41) is 1.14. The van der Waals surface area contributed by atoms with Crippen LogP contribution in [0.2, 0.25) is 10.0 Å². The van der Waals surface area contributed by atoms with Gasteiger partial charge in [0, 0.05) is 6.42 Å². The van der Waals surface area contributed by atoms with Crippen LogP contribution in [0.1, 0.15) is 12.0 Å². The molecule has 0 atom stereocenters. The fraction of sp³-hybridized carbons (Fsp3) is 0.222. The third kappa shape index (κ3) is 3.51. The van der Waals surface area contributed by atoms with Gasteiger partial charge in [0.25, 0.3) is 0 Å². The zero-order chi connectivity index (χ0) is 9.84. The third-order valence-corrected chi connectivity index (χ3v) is 2.59. The van der Waals surface area contributed by atoms with Crippen molar-refractivity contribution < 1.29 is 0 Å². The molecule has 13 heavy (non-hydrogen) atoms. The van der Waals surface area contributed by atoms with Gasteiger partial charge in [-0.15, -0.1) is 0 Å². The van der Waals surface area contributed by atoms with Crippen LogP contribution in [0.5, 0.6) is 0 Å². The lowest BCUT2D eigenvalue weighted by Gasteiger charge is -2.01. The van der Waals surface area contributed by atoms with Crippen LogP contribution in [0.15, 0.2) is 18.2 Å². The van der Waals surface area contributed by atoms with E-state index in [0.29, 0.717) is 21.5 Å². The van der Waals surface area contributed by atoms with Crippen LogP contribution in [0.25, 0.3) is 0 Å². The summed E-state index contributed by atoms with van der Waals surface area (Å²) in [5.74, 6) is 0. The molecule has 0 unspecified atom stereocenters. The van der Waals surface area contributed by atoms with Crippen LogP contribution in [0, 0.1) is 0 Å². The van der Waals surface area contributed by atoms with Crippen molar-refractivity contribution in [1.29, 1.82) is 0 Å². The molecule has 1 aromatic carbocycles. The molecule has 0 saturated carbocycles. The molecule has 0 spiro atoms. The van der Waals surface area contributed by atoms with Crippen molar-refractivity contribution in [2.75, 3.05) is 0 Å². The zero-order valence-corrected chi connectivity index (χ0v) is 9.22. The van der Waals surface area contributed by atoms with E-state index in [1.807, 2.05) is 12.1 Å². The lowest BCUT2D eigenvalue weighted by molar-refractivity contribution is 1.04. The number of hydrogen-bond donors (Lipinski definition) is 1. The van der Waals surface area contributed by atoms with E-state index in [2.05, 4.69) is 0 Å². The van der Waals surface area contributed by atoms with E-state index in [1.54, 1.807) is 6.07 Å². The number of hydrogen-bond acceptors (Lipinski definition) is 1. The first-order valence-corrected chi connectivity index (χ1v) is 4.98. The van der Waals surface area contributed by atoms with E-state index in [-0.39, 0.29) is 0 Å². The van der Waals surface area contributed by atoms with Gasteiger partial charge in [-0.05, 0) is 24.1 Å². The highest BCUT2D eigenvalue weighted by atomic mass is 35.5. The Morgan fingerprint density at radius 2 is 2.00 bits per heavy atom. The number of halogens is 2. The van der Waals surface area contributed by atoms with Gasteiger partial charge in [0.15, 0.2) is 0 Å². The molecule has 0 radical (unpaired) electrons. The molecule has 1 rings (SSSR count). The van der Waals surface area contributed by atoms with Gasteiger partial charge in [0.05, 0.1) is 15.0 Å². The first kappa shape index (κ1) is 10.8. The molecule has 0 bridgehead atoms. The molecule has 0 saturated heterocycles. The van der Waals surface area contributed by atoms with Gasteiger partial charge in [0.2, 0.25) is 0 Å². The maximum atomic E-state index is 5.83. The van der Waals surface area contributed by atoms with Gasteiger partial charge in [-0.25, -0.2) is 0 Å². The van der Waals surface area contributed by atoms with Crippen LogP contribution >= 0.6 is 35.4 Å². The van der Waals surface area contributed by atoms with E-state index >= 15 is 0 Å². The van der Waals surface area contributed by atoms with Crippen molar-refractivity contribution in [3.05, 3.63) is 33.8 Å². The van der Waals surface area contributed by atoms with Gasteiger partial charge in [-0.3, -0.25) is 0 Å². The Morgan fingerprint density at radius 3 is 2.54 bits per heavy atom. The Balaban J connectivity index is 2.68. The largest absolute Gasteiger partial charge is 0.393 e. The second-order valence-electron chi connectivity index (χ2n) is 2.71. The smallest absolute Gasteiger partial charge is 0.0730 e. The van der Waals surface area contributed by atoms with Crippen molar-refractivity contribution in [1.82, 2.24) is 0 Å². The predicted octanol–water partition coefficient (Wildman–Crippen LogP) is 3.21. The highest BCUT2D eigenvalue weighted by molar-refractivity contribution is 7.80. The Labute approximate surface area is 92.8 Å². The molecule has 0 aromatic heterocycles. The Bertz CT molecular complexity index is 325. The minimum absolute atomic E-state index is 0.520. The van der Waals surface area contributed by atoms with Crippen molar-refractivity contribution in [2.45, 2.75) is 12.8 Å². The molecule has 1 aromatic rings. The topological polar surface area (TPSA) is 26.0 Å².